The molecule has 0 spiro atoms. The van der Waals surface area contributed by atoms with Crippen LogP contribution in [0.1, 0.15) is 32.7 Å². The van der Waals surface area contributed by atoms with E-state index in [1.165, 1.54) is 5.56 Å². The Kier molecular flexibility index (Phi) is 5.81. The van der Waals surface area contributed by atoms with Gasteiger partial charge in [0.05, 0.1) is 11.1 Å². The van der Waals surface area contributed by atoms with E-state index in [4.69, 9.17) is 0 Å². The molecule has 0 unspecified atom stereocenters. The van der Waals surface area contributed by atoms with E-state index in [0.717, 1.165) is 38.4 Å². The molecule has 0 radical (unpaired) electrons. The van der Waals surface area contributed by atoms with E-state index >= 15 is 0 Å². The van der Waals surface area contributed by atoms with Gasteiger partial charge in [0, 0.05) is 28.7 Å². The Bertz CT molecular complexity index is 1220. The molecule has 4 rings (SSSR count). The van der Waals surface area contributed by atoms with Crippen molar-refractivity contribution in [2.45, 2.75) is 31.6 Å². The number of hydrogen-bond acceptors (Lipinski definition) is 4. The van der Waals surface area contributed by atoms with Crippen molar-refractivity contribution in [3.63, 3.8) is 0 Å². The SMILES string of the molecule is Cc1cc(C)cc(NC(=O)c2cccnc2SCc2cc(C)nc3ccccc23)c1. The van der Waals surface area contributed by atoms with Crippen LogP contribution in [0.3, 0.4) is 0 Å². The first-order valence-corrected chi connectivity index (χ1v) is 10.8. The smallest absolute Gasteiger partial charge is 0.258 e. The summed E-state index contributed by atoms with van der Waals surface area (Å²) in [5.74, 6) is 0.566. The van der Waals surface area contributed by atoms with Gasteiger partial charge in [0.2, 0.25) is 0 Å². The van der Waals surface area contributed by atoms with Crippen LogP contribution in [-0.4, -0.2) is 15.9 Å². The van der Waals surface area contributed by atoms with Crippen molar-refractivity contribution in [2.75, 3.05) is 5.32 Å². The highest BCUT2D eigenvalue weighted by atomic mass is 32.2. The molecular formula is C25H23N3OS. The van der Waals surface area contributed by atoms with E-state index < -0.39 is 0 Å². The Balaban J connectivity index is 1.58. The largest absolute Gasteiger partial charge is 0.322 e. The van der Waals surface area contributed by atoms with Crippen molar-refractivity contribution < 1.29 is 4.79 Å². The molecule has 150 valence electrons. The van der Waals surface area contributed by atoms with Gasteiger partial charge >= 0.3 is 0 Å². The fourth-order valence-electron chi connectivity index (χ4n) is 3.58. The van der Waals surface area contributed by atoms with Gasteiger partial charge in [-0.3, -0.25) is 9.78 Å². The van der Waals surface area contributed by atoms with Crippen LogP contribution in [0.2, 0.25) is 0 Å². The van der Waals surface area contributed by atoms with Crippen LogP contribution >= 0.6 is 11.8 Å². The summed E-state index contributed by atoms with van der Waals surface area (Å²) in [5, 5.41) is 4.87. The van der Waals surface area contributed by atoms with Crippen LogP contribution in [0.25, 0.3) is 10.9 Å². The summed E-state index contributed by atoms with van der Waals surface area (Å²) in [7, 11) is 0. The number of aryl methyl sites for hydroxylation is 3. The minimum absolute atomic E-state index is 0.147. The van der Waals surface area contributed by atoms with Crippen LogP contribution < -0.4 is 5.32 Å². The summed E-state index contributed by atoms with van der Waals surface area (Å²) < 4.78 is 0. The number of amides is 1. The van der Waals surface area contributed by atoms with Crippen molar-refractivity contribution in [1.82, 2.24) is 9.97 Å². The van der Waals surface area contributed by atoms with Crippen LogP contribution in [0.4, 0.5) is 5.69 Å². The summed E-state index contributed by atoms with van der Waals surface area (Å²) in [6, 6.07) is 19.9. The highest BCUT2D eigenvalue weighted by Gasteiger charge is 2.14. The molecule has 2 aromatic carbocycles. The lowest BCUT2D eigenvalue weighted by Gasteiger charge is -2.11. The maximum atomic E-state index is 13.0. The van der Waals surface area contributed by atoms with Crippen LogP contribution in [-0.2, 0) is 5.75 Å². The number of benzene rings is 2. The molecule has 1 N–H and O–H groups in total. The third-order valence-corrected chi connectivity index (χ3v) is 5.84. The first kappa shape index (κ1) is 20.1. The van der Waals surface area contributed by atoms with Crippen molar-refractivity contribution in [2.24, 2.45) is 0 Å². The zero-order valence-corrected chi connectivity index (χ0v) is 18.1. The van der Waals surface area contributed by atoms with Crippen molar-refractivity contribution in [3.05, 3.63) is 94.8 Å². The fourth-order valence-corrected chi connectivity index (χ4v) is 4.57. The number of carbonyl (C=O) groups excluding carboxylic acids is 1. The van der Waals surface area contributed by atoms with Gasteiger partial charge in [0.15, 0.2) is 0 Å². The van der Waals surface area contributed by atoms with Crippen molar-refractivity contribution in [1.29, 1.82) is 0 Å². The third kappa shape index (κ3) is 4.52. The summed E-state index contributed by atoms with van der Waals surface area (Å²) in [6.07, 6.45) is 1.73. The number of aromatic nitrogens is 2. The number of carbonyl (C=O) groups is 1. The molecule has 0 saturated carbocycles. The van der Waals surface area contributed by atoms with Gasteiger partial charge in [-0.25, -0.2) is 4.98 Å². The van der Waals surface area contributed by atoms with Crippen LogP contribution in [0, 0.1) is 20.8 Å². The molecule has 4 aromatic rings. The van der Waals surface area contributed by atoms with E-state index in [1.807, 2.05) is 57.2 Å². The van der Waals surface area contributed by atoms with Crippen LogP contribution in [0.5, 0.6) is 0 Å². The number of thioether (sulfide) groups is 1. The molecular weight excluding hydrogens is 390 g/mol. The Hall–Kier alpha value is -3.18. The van der Waals surface area contributed by atoms with E-state index in [9.17, 15) is 4.79 Å². The molecule has 0 aliphatic carbocycles. The van der Waals surface area contributed by atoms with Crippen LogP contribution in [0.15, 0.2) is 71.9 Å². The molecule has 0 fully saturated rings. The number of anilines is 1. The minimum atomic E-state index is -0.147. The van der Waals surface area contributed by atoms with Gasteiger partial charge in [-0.2, -0.15) is 0 Å². The van der Waals surface area contributed by atoms with E-state index in [1.54, 1.807) is 24.0 Å². The number of rotatable bonds is 5. The molecule has 2 aromatic heterocycles. The number of hydrogen-bond donors (Lipinski definition) is 1. The Labute approximate surface area is 180 Å². The predicted molar refractivity (Wildman–Crippen MR) is 124 cm³/mol. The number of nitrogens with zero attached hydrogens (tertiary/aromatic N) is 2. The summed E-state index contributed by atoms with van der Waals surface area (Å²) in [6.45, 7) is 6.05. The summed E-state index contributed by atoms with van der Waals surface area (Å²) in [5.41, 5.74) is 6.77. The maximum absolute atomic E-state index is 13.0. The second kappa shape index (κ2) is 8.67. The van der Waals surface area contributed by atoms with Crippen molar-refractivity contribution in [3.8, 4) is 0 Å². The predicted octanol–water partition coefficient (Wildman–Crippen LogP) is 6.10. The Morgan fingerprint density at radius 3 is 2.53 bits per heavy atom. The lowest BCUT2D eigenvalue weighted by Crippen LogP contribution is -2.14. The Morgan fingerprint density at radius 1 is 0.967 bits per heavy atom. The first-order valence-electron chi connectivity index (χ1n) is 9.82. The lowest BCUT2D eigenvalue weighted by atomic mass is 10.1. The first-order chi connectivity index (χ1) is 14.5. The number of para-hydroxylation sites is 1. The molecule has 0 bridgehead atoms. The molecule has 0 saturated heterocycles. The standard InChI is InChI=1S/C25H23N3OS/c1-16-11-17(2)13-20(12-16)28-24(29)22-8-6-10-26-25(22)30-15-19-14-18(3)27-23-9-5-4-7-21(19)23/h4-14H,15H2,1-3H3,(H,28,29). The van der Waals surface area contributed by atoms with Crippen molar-refractivity contribution >= 4 is 34.3 Å². The summed E-state index contributed by atoms with van der Waals surface area (Å²) >= 11 is 1.57. The average Bonchev–Trinajstić information content (AvgIpc) is 2.71. The van der Waals surface area contributed by atoms with Gasteiger partial charge in [0.1, 0.15) is 5.03 Å². The van der Waals surface area contributed by atoms with Gasteiger partial charge in [-0.15, -0.1) is 11.8 Å². The number of fused-ring (bicyclic) bond motifs is 1. The van der Waals surface area contributed by atoms with Gasteiger partial charge < -0.3 is 5.32 Å². The van der Waals surface area contributed by atoms with Gasteiger partial charge in [-0.1, -0.05) is 24.3 Å². The molecule has 2 heterocycles. The highest BCUT2D eigenvalue weighted by molar-refractivity contribution is 7.98. The monoisotopic (exact) mass is 413 g/mol. The summed E-state index contributed by atoms with van der Waals surface area (Å²) in [4.78, 5) is 22.1. The zero-order valence-electron chi connectivity index (χ0n) is 17.3. The normalized spacial score (nSPS) is 10.9. The molecule has 0 aliphatic heterocycles. The van der Waals surface area contributed by atoms with Gasteiger partial charge in [-0.05, 0) is 73.9 Å². The average molecular weight is 414 g/mol. The number of pyridine rings is 2. The van der Waals surface area contributed by atoms with E-state index in [2.05, 4.69) is 33.5 Å². The zero-order chi connectivity index (χ0) is 21.1. The molecule has 5 heteroatoms. The molecule has 0 aliphatic rings. The lowest BCUT2D eigenvalue weighted by molar-refractivity contribution is 0.102. The molecule has 30 heavy (non-hydrogen) atoms. The van der Waals surface area contributed by atoms with E-state index in [0.29, 0.717) is 11.3 Å². The highest BCUT2D eigenvalue weighted by Crippen LogP contribution is 2.28. The number of nitrogens with one attached hydrogen (secondary N) is 1. The topological polar surface area (TPSA) is 54.9 Å². The molecule has 4 nitrogen and oxygen atoms in total. The quantitative estimate of drug-likeness (QED) is 0.402. The van der Waals surface area contributed by atoms with Gasteiger partial charge in [0.25, 0.3) is 5.91 Å². The third-order valence-electron chi connectivity index (χ3n) is 4.79. The molecule has 1 amide bonds. The molecule has 0 atom stereocenters. The van der Waals surface area contributed by atoms with E-state index in [-0.39, 0.29) is 5.91 Å². The minimum Gasteiger partial charge on any atom is -0.322 e. The second-order valence-corrected chi connectivity index (χ2v) is 8.38. The second-order valence-electron chi connectivity index (χ2n) is 7.42. The Morgan fingerprint density at radius 2 is 1.73 bits per heavy atom. The fraction of sp³-hybridized carbons (Fsp3) is 0.160. The maximum Gasteiger partial charge on any atom is 0.258 e.